The zero-order valence-corrected chi connectivity index (χ0v) is 18.8. The van der Waals surface area contributed by atoms with Crippen molar-refractivity contribution in [3.05, 3.63) is 70.1 Å². The van der Waals surface area contributed by atoms with Crippen LogP contribution in [0.2, 0.25) is 5.02 Å². The molecule has 162 valence electrons. The van der Waals surface area contributed by atoms with Crippen molar-refractivity contribution in [3.63, 3.8) is 0 Å². The van der Waals surface area contributed by atoms with E-state index in [1.165, 1.54) is 23.5 Å². The number of rotatable bonds is 6. The highest BCUT2D eigenvalue weighted by Gasteiger charge is 2.22. The molecule has 1 aliphatic rings. The number of carbonyl (C=O) groups excluding carboxylic acids is 1. The van der Waals surface area contributed by atoms with Crippen molar-refractivity contribution in [1.82, 2.24) is 5.32 Å². The minimum absolute atomic E-state index is 0.0670. The van der Waals surface area contributed by atoms with E-state index in [1.54, 1.807) is 24.3 Å². The van der Waals surface area contributed by atoms with Gasteiger partial charge in [0.2, 0.25) is 10.0 Å². The molecule has 31 heavy (non-hydrogen) atoms. The number of ether oxygens (including phenoxy) is 1. The van der Waals surface area contributed by atoms with Crippen molar-refractivity contribution >= 4 is 49.6 Å². The molecule has 2 aromatic carbocycles. The average Bonchev–Trinajstić information content (AvgIpc) is 3.23. The van der Waals surface area contributed by atoms with Crippen molar-refractivity contribution in [2.24, 2.45) is 5.14 Å². The Hall–Kier alpha value is -2.59. The summed E-state index contributed by atoms with van der Waals surface area (Å²) >= 11 is 7.55. The number of benzene rings is 2. The van der Waals surface area contributed by atoms with Crippen LogP contribution in [0.25, 0.3) is 0 Å². The summed E-state index contributed by atoms with van der Waals surface area (Å²) in [5, 5.41) is 9.57. The van der Waals surface area contributed by atoms with Crippen molar-refractivity contribution in [2.45, 2.75) is 11.3 Å². The molecular formula is C21H20ClN3O4S2. The number of hydrogen-bond acceptors (Lipinski definition) is 6. The maximum atomic E-state index is 12.6. The quantitative estimate of drug-likeness (QED) is 0.565. The van der Waals surface area contributed by atoms with Crippen LogP contribution in [0.5, 0.6) is 5.75 Å². The average molecular weight is 478 g/mol. The van der Waals surface area contributed by atoms with E-state index < -0.39 is 10.0 Å². The third-order valence-corrected chi connectivity index (χ3v) is 7.09. The Morgan fingerprint density at radius 1 is 1.16 bits per heavy atom. The van der Waals surface area contributed by atoms with Crippen molar-refractivity contribution in [3.8, 4) is 5.75 Å². The Morgan fingerprint density at radius 3 is 2.68 bits per heavy atom. The molecule has 10 heteroatoms. The number of nitrogens with two attached hydrogens (primary N) is 1. The predicted octanol–water partition coefficient (Wildman–Crippen LogP) is 3.55. The zero-order valence-electron chi connectivity index (χ0n) is 16.4. The van der Waals surface area contributed by atoms with E-state index in [0.717, 1.165) is 22.0 Å². The second-order valence-electron chi connectivity index (χ2n) is 6.94. The highest BCUT2D eigenvalue weighted by molar-refractivity contribution is 7.89. The summed E-state index contributed by atoms with van der Waals surface area (Å²) in [6, 6.07) is 15.5. The number of sulfonamides is 1. The minimum atomic E-state index is -3.71. The monoisotopic (exact) mass is 477 g/mol. The Bertz CT molecular complexity index is 1210. The molecule has 0 fully saturated rings. The van der Waals surface area contributed by atoms with Gasteiger partial charge in [0.05, 0.1) is 27.0 Å². The highest BCUT2D eigenvalue weighted by atomic mass is 35.5. The molecular weight excluding hydrogens is 458 g/mol. The van der Waals surface area contributed by atoms with Crippen LogP contribution in [0.3, 0.4) is 0 Å². The Labute approximate surface area is 189 Å². The van der Waals surface area contributed by atoms with Gasteiger partial charge >= 0.3 is 0 Å². The number of fused-ring (bicyclic) bond motifs is 1. The number of halogens is 1. The van der Waals surface area contributed by atoms with E-state index in [0.29, 0.717) is 36.0 Å². The largest absolute Gasteiger partial charge is 0.490 e. The van der Waals surface area contributed by atoms with Gasteiger partial charge in [0, 0.05) is 11.6 Å². The van der Waals surface area contributed by atoms with Gasteiger partial charge < -0.3 is 15.0 Å². The van der Waals surface area contributed by atoms with E-state index in [1.807, 2.05) is 18.2 Å². The van der Waals surface area contributed by atoms with Crippen molar-refractivity contribution in [2.75, 3.05) is 24.6 Å². The summed E-state index contributed by atoms with van der Waals surface area (Å²) in [7, 11) is -3.71. The predicted molar refractivity (Wildman–Crippen MR) is 122 cm³/mol. The second-order valence-corrected chi connectivity index (χ2v) is 10.0. The maximum Gasteiger partial charge on any atom is 0.261 e. The molecule has 1 amide bonds. The van der Waals surface area contributed by atoms with Gasteiger partial charge in [0.15, 0.2) is 0 Å². The van der Waals surface area contributed by atoms with E-state index in [9.17, 15) is 13.2 Å². The van der Waals surface area contributed by atoms with Gasteiger partial charge in [-0.25, -0.2) is 13.6 Å². The van der Waals surface area contributed by atoms with E-state index in [-0.39, 0.29) is 10.8 Å². The SMILES string of the molecule is NS(=O)(=O)c1ccc(CCNC(=O)c2ccc(N3CCOc4ccc(Cl)cc43)s2)cc1. The number of nitrogens with zero attached hydrogens (tertiary/aromatic N) is 1. The molecule has 0 bridgehead atoms. The fraction of sp³-hybridized carbons (Fsp3) is 0.190. The topological polar surface area (TPSA) is 102 Å². The summed E-state index contributed by atoms with van der Waals surface area (Å²) in [4.78, 5) is 15.3. The summed E-state index contributed by atoms with van der Waals surface area (Å²) in [6.45, 7) is 1.65. The highest BCUT2D eigenvalue weighted by Crippen LogP contribution is 2.40. The van der Waals surface area contributed by atoms with Crippen molar-refractivity contribution in [1.29, 1.82) is 0 Å². The van der Waals surface area contributed by atoms with Crippen LogP contribution in [-0.4, -0.2) is 34.0 Å². The number of carbonyl (C=O) groups is 1. The first kappa shape index (κ1) is 21.6. The molecule has 7 nitrogen and oxygen atoms in total. The lowest BCUT2D eigenvalue weighted by Crippen LogP contribution is -2.28. The number of primary sulfonamides is 1. The number of amides is 1. The molecule has 0 saturated carbocycles. The minimum Gasteiger partial charge on any atom is -0.490 e. The Balaban J connectivity index is 1.38. The van der Waals surface area contributed by atoms with E-state index in [2.05, 4.69) is 10.2 Å². The number of anilines is 2. The molecule has 1 aliphatic heterocycles. The second kappa shape index (κ2) is 8.88. The lowest BCUT2D eigenvalue weighted by molar-refractivity contribution is 0.0958. The van der Waals surface area contributed by atoms with Gasteiger partial charge in [-0.3, -0.25) is 4.79 Å². The smallest absolute Gasteiger partial charge is 0.261 e. The van der Waals surface area contributed by atoms with Gasteiger partial charge in [-0.2, -0.15) is 0 Å². The number of nitrogens with one attached hydrogen (secondary N) is 1. The lowest BCUT2D eigenvalue weighted by atomic mass is 10.1. The van der Waals surface area contributed by atoms with Gasteiger partial charge in [0.1, 0.15) is 12.4 Å². The van der Waals surface area contributed by atoms with Gasteiger partial charge in [-0.05, 0) is 54.4 Å². The molecule has 1 aromatic heterocycles. The van der Waals surface area contributed by atoms with Crippen LogP contribution in [0, 0.1) is 0 Å². The van der Waals surface area contributed by atoms with Crippen LogP contribution in [-0.2, 0) is 16.4 Å². The summed E-state index contributed by atoms with van der Waals surface area (Å²) in [5.74, 6) is 0.612. The molecule has 3 N–H and O–H groups in total. The van der Waals surface area contributed by atoms with Crippen LogP contribution in [0.4, 0.5) is 10.7 Å². The first-order valence-electron chi connectivity index (χ1n) is 9.51. The summed E-state index contributed by atoms with van der Waals surface area (Å²) in [6.07, 6.45) is 0.574. The van der Waals surface area contributed by atoms with Crippen LogP contribution < -0.4 is 20.1 Å². The first-order chi connectivity index (χ1) is 14.8. The molecule has 3 aromatic rings. The standard InChI is InChI=1S/C21H20ClN3O4S2/c22-15-3-6-18-17(13-15)25(11-12-29-18)20-8-7-19(30-20)21(26)24-10-9-14-1-4-16(5-2-14)31(23,27)28/h1-8,13H,9-12H2,(H,24,26)(H2,23,27,28). The molecule has 0 spiro atoms. The maximum absolute atomic E-state index is 12.6. The molecule has 0 aliphatic carbocycles. The van der Waals surface area contributed by atoms with Crippen LogP contribution >= 0.6 is 22.9 Å². The van der Waals surface area contributed by atoms with Crippen molar-refractivity contribution < 1.29 is 17.9 Å². The number of thiophene rings is 1. The van der Waals surface area contributed by atoms with Gasteiger partial charge in [0.25, 0.3) is 5.91 Å². The van der Waals surface area contributed by atoms with Crippen LogP contribution in [0.1, 0.15) is 15.2 Å². The third-order valence-electron chi connectivity index (χ3n) is 4.82. The third kappa shape index (κ3) is 5.01. The molecule has 4 rings (SSSR count). The Kier molecular flexibility index (Phi) is 6.19. The molecule has 0 atom stereocenters. The zero-order chi connectivity index (χ0) is 22.0. The molecule has 2 heterocycles. The summed E-state index contributed by atoms with van der Waals surface area (Å²) < 4.78 is 28.3. The van der Waals surface area contributed by atoms with E-state index >= 15 is 0 Å². The Morgan fingerprint density at radius 2 is 1.94 bits per heavy atom. The molecule has 0 unspecified atom stereocenters. The molecule has 0 saturated heterocycles. The fourth-order valence-corrected chi connectivity index (χ4v) is 4.91. The van der Waals surface area contributed by atoms with Gasteiger partial charge in [-0.1, -0.05) is 23.7 Å². The first-order valence-corrected chi connectivity index (χ1v) is 12.2. The van der Waals surface area contributed by atoms with Crippen LogP contribution in [0.15, 0.2) is 59.5 Å². The number of hydrogen-bond donors (Lipinski definition) is 2. The van der Waals surface area contributed by atoms with Gasteiger partial charge in [-0.15, -0.1) is 11.3 Å². The van der Waals surface area contributed by atoms with E-state index in [4.69, 9.17) is 21.5 Å². The summed E-state index contributed by atoms with van der Waals surface area (Å²) in [5.41, 5.74) is 1.79. The molecule has 0 radical (unpaired) electrons. The normalized spacial score (nSPS) is 13.4. The fourth-order valence-electron chi connectivity index (χ4n) is 3.27. The lowest BCUT2D eigenvalue weighted by Gasteiger charge is -2.30.